The van der Waals surface area contributed by atoms with Crippen LogP contribution in [0.5, 0.6) is 5.75 Å². The van der Waals surface area contributed by atoms with Gasteiger partial charge in [-0.1, -0.05) is 40.7 Å². The van der Waals surface area contributed by atoms with Gasteiger partial charge in [0, 0.05) is 18.2 Å². The Balaban J connectivity index is 1.13. The van der Waals surface area contributed by atoms with Crippen LogP contribution in [0.1, 0.15) is 36.6 Å². The highest BCUT2D eigenvalue weighted by Gasteiger charge is 2.19. The van der Waals surface area contributed by atoms with E-state index in [-0.39, 0.29) is 11.7 Å². The molecule has 0 amide bonds. The average molecular weight is 589 g/mol. The summed E-state index contributed by atoms with van der Waals surface area (Å²) in [5, 5.41) is 19.1. The Morgan fingerprint density at radius 1 is 1.10 bits per heavy atom. The van der Waals surface area contributed by atoms with Crippen LogP contribution in [0.4, 0.5) is 16.0 Å². The Hall–Kier alpha value is -5.04. The largest absolute Gasteiger partial charge is 0.493 e. The third-order valence-electron chi connectivity index (χ3n) is 6.63. The van der Waals surface area contributed by atoms with Crippen LogP contribution in [-0.2, 0) is 0 Å². The minimum absolute atomic E-state index is 0.137. The van der Waals surface area contributed by atoms with E-state index in [0.717, 1.165) is 35.9 Å². The standard InChI is InChI=1S/C28H26ClFN10O2/c1-41-24-14-20(15-31-27(24)39-16-25(29)32-17-39)33-28-34-26(36-37-28)21(18-9-11-19(30)12-10-18)6-4-5-13-42-40-23-8-3-2-7-22(23)35-38-40/h2-3,7-12,14-17,21H,4-6,13H2,1H3,(H2,33,34,36,37). The molecular weight excluding hydrogens is 563 g/mol. The average Bonchev–Trinajstić information content (AvgIpc) is 3.76. The van der Waals surface area contributed by atoms with Crippen molar-refractivity contribution >= 4 is 34.3 Å². The third-order valence-corrected chi connectivity index (χ3v) is 6.83. The molecule has 42 heavy (non-hydrogen) atoms. The Kier molecular flexibility index (Phi) is 7.90. The van der Waals surface area contributed by atoms with Gasteiger partial charge in [0.25, 0.3) is 0 Å². The van der Waals surface area contributed by atoms with Crippen molar-refractivity contribution in [1.82, 2.24) is 44.9 Å². The first-order chi connectivity index (χ1) is 20.6. The van der Waals surface area contributed by atoms with Crippen LogP contribution < -0.4 is 14.9 Å². The van der Waals surface area contributed by atoms with E-state index < -0.39 is 0 Å². The number of halogens is 2. The number of fused-ring (bicyclic) bond motifs is 1. The number of unbranched alkanes of at least 4 members (excludes halogenated alkanes) is 1. The van der Waals surface area contributed by atoms with Gasteiger partial charge >= 0.3 is 0 Å². The minimum Gasteiger partial charge on any atom is -0.493 e. The van der Waals surface area contributed by atoms with Crippen molar-refractivity contribution in [1.29, 1.82) is 0 Å². The van der Waals surface area contributed by atoms with Crippen LogP contribution in [0, 0.1) is 5.82 Å². The summed E-state index contributed by atoms with van der Waals surface area (Å²) in [5.74, 6) is 1.62. The molecule has 0 spiro atoms. The van der Waals surface area contributed by atoms with Gasteiger partial charge in [0.05, 0.1) is 19.0 Å². The number of pyridine rings is 1. The molecule has 6 rings (SSSR count). The lowest BCUT2D eigenvalue weighted by Crippen LogP contribution is -2.14. The summed E-state index contributed by atoms with van der Waals surface area (Å²) >= 11 is 5.95. The lowest BCUT2D eigenvalue weighted by molar-refractivity contribution is 0.0842. The molecule has 0 aliphatic heterocycles. The molecule has 0 saturated heterocycles. The number of aromatic nitrogens is 9. The van der Waals surface area contributed by atoms with Gasteiger partial charge in [-0.3, -0.25) is 9.67 Å². The van der Waals surface area contributed by atoms with E-state index >= 15 is 0 Å². The molecule has 1 unspecified atom stereocenters. The number of benzene rings is 2. The molecule has 2 aromatic carbocycles. The fourth-order valence-corrected chi connectivity index (χ4v) is 4.73. The minimum atomic E-state index is -0.297. The van der Waals surface area contributed by atoms with Crippen molar-refractivity contribution < 1.29 is 14.0 Å². The fraction of sp³-hybridized carbons (Fsp3) is 0.214. The van der Waals surface area contributed by atoms with E-state index in [9.17, 15) is 4.39 Å². The summed E-state index contributed by atoms with van der Waals surface area (Å²) in [5.41, 5.74) is 3.14. The number of para-hydroxylation sites is 1. The number of imidazole rings is 1. The van der Waals surface area contributed by atoms with Crippen molar-refractivity contribution in [2.24, 2.45) is 0 Å². The number of methoxy groups -OCH3 is 1. The highest BCUT2D eigenvalue weighted by molar-refractivity contribution is 6.29. The first-order valence-electron chi connectivity index (χ1n) is 13.2. The number of rotatable bonds is 12. The number of H-pyrrole nitrogens is 1. The van der Waals surface area contributed by atoms with Crippen molar-refractivity contribution in [3.8, 4) is 11.6 Å². The number of anilines is 2. The molecule has 1 atom stereocenters. The molecule has 4 heterocycles. The number of hydrogen-bond donors (Lipinski definition) is 2. The lowest BCUT2D eigenvalue weighted by Gasteiger charge is -2.15. The van der Waals surface area contributed by atoms with E-state index in [2.05, 4.69) is 35.8 Å². The van der Waals surface area contributed by atoms with E-state index in [4.69, 9.17) is 26.2 Å². The molecule has 2 N–H and O–H groups in total. The predicted molar refractivity (Wildman–Crippen MR) is 154 cm³/mol. The summed E-state index contributed by atoms with van der Waals surface area (Å²) in [6.45, 7) is 0.461. The number of aromatic amines is 1. The highest BCUT2D eigenvalue weighted by Crippen LogP contribution is 2.30. The molecule has 4 aromatic heterocycles. The Labute approximate surface area is 244 Å². The molecule has 0 saturated carbocycles. The lowest BCUT2D eigenvalue weighted by atomic mass is 9.93. The molecule has 214 valence electrons. The van der Waals surface area contributed by atoms with E-state index in [1.165, 1.54) is 17.0 Å². The van der Waals surface area contributed by atoms with E-state index in [0.29, 0.717) is 40.8 Å². The SMILES string of the molecule is COc1cc(Nc2n[nH]c(C(CCCCOn3nnc4ccccc43)c3ccc(F)cc3)n2)cnc1-n1cnc(Cl)c1. The number of nitrogens with zero attached hydrogens (tertiary/aromatic N) is 8. The monoisotopic (exact) mass is 588 g/mol. The summed E-state index contributed by atoms with van der Waals surface area (Å²) in [6, 6.07) is 15.8. The van der Waals surface area contributed by atoms with Gasteiger partial charge in [0.2, 0.25) is 5.95 Å². The zero-order valence-electron chi connectivity index (χ0n) is 22.5. The van der Waals surface area contributed by atoms with Crippen LogP contribution in [0.25, 0.3) is 16.9 Å². The topological polar surface area (TPSA) is 133 Å². The number of ether oxygens (including phenoxy) is 1. The normalized spacial score (nSPS) is 12.0. The quantitative estimate of drug-likeness (QED) is 0.187. The molecule has 14 heteroatoms. The predicted octanol–water partition coefficient (Wildman–Crippen LogP) is 5.11. The molecule has 0 aliphatic rings. The summed E-state index contributed by atoms with van der Waals surface area (Å²) in [4.78, 5) is 20.4. The maximum atomic E-state index is 13.7. The first-order valence-corrected chi connectivity index (χ1v) is 13.6. The van der Waals surface area contributed by atoms with Gasteiger partial charge in [0.15, 0.2) is 11.6 Å². The van der Waals surface area contributed by atoms with Gasteiger partial charge in [-0.15, -0.1) is 10.2 Å². The second-order valence-electron chi connectivity index (χ2n) is 9.41. The van der Waals surface area contributed by atoms with Gasteiger partial charge in [-0.25, -0.2) is 14.4 Å². The summed E-state index contributed by atoms with van der Waals surface area (Å²) in [7, 11) is 1.56. The van der Waals surface area contributed by atoms with Gasteiger partial charge in [0.1, 0.15) is 40.8 Å². The van der Waals surface area contributed by atoms with Crippen LogP contribution >= 0.6 is 11.6 Å². The van der Waals surface area contributed by atoms with Crippen LogP contribution in [-0.4, -0.2) is 58.6 Å². The summed E-state index contributed by atoms with van der Waals surface area (Å²) < 4.78 is 20.9. The maximum absolute atomic E-state index is 13.7. The molecule has 0 fully saturated rings. The molecule has 0 aliphatic carbocycles. The highest BCUT2D eigenvalue weighted by atomic mass is 35.5. The molecule has 0 bridgehead atoms. The second kappa shape index (κ2) is 12.2. The molecule has 6 aromatic rings. The van der Waals surface area contributed by atoms with Gasteiger partial charge < -0.3 is 14.9 Å². The molecule has 0 radical (unpaired) electrons. The fourth-order valence-electron chi connectivity index (χ4n) is 4.58. The Morgan fingerprint density at radius 2 is 1.95 bits per heavy atom. The second-order valence-corrected chi connectivity index (χ2v) is 9.79. The molecule has 12 nitrogen and oxygen atoms in total. The Morgan fingerprint density at radius 3 is 2.76 bits per heavy atom. The molecular formula is C28H26ClFN10O2. The first kappa shape index (κ1) is 27.1. The zero-order valence-corrected chi connectivity index (χ0v) is 23.2. The Bertz CT molecular complexity index is 1790. The van der Waals surface area contributed by atoms with Crippen LogP contribution in [0.2, 0.25) is 5.15 Å². The van der Waals surface area contributed by atoms with Crippen molar-refractivity contribution in [2.45, 2.75) is 25.2 Å². The third kappa shape index (κ3) is 6.00. The van der Waals surface area contributed by atoms with E-state index in [1.54, 1.807) is 48.6 Å². The van der Waals surface area contributed by atoms with Crippen molar-refractivity contribution in [3.63, 3.8) is 0 Å². The van der Waals surface area contributed by atoms with Gasteiger partial charge in [-0.05, 0) is 54.3 Å². The van der Waals surface area contributed by atoms with Crippen LogP contribution in [0.15, 0.2) is 73.3 Å². The number of nitrogens with one attached hydrogen (secondary N) is 2. The van der Waals surface area contributed by atoms with E-state index in [1.807, 2.05) is 24.3 Å². The van der Waals surface area contributed by atoms with Gasteiger partial charge in [-0.2, -0.15) is 4.98 Å². The smallest absolute Gasteiger partial charge is 0.246 e. The zero-order chi connectivity index (χ0) is 28.9. The van der Waals surface area contributed by atoms with Crippen molar-refractivity contribution in [2.75, 3.05) is 19.0 Å². The number of hydrogen-bond acceptors (Lipinski definition) is 9. The summed E-state index contributed by atoms with van der Waals surface area (Å²) in [6.07, 6.45) is 7.15. The van der Waals surface area contributed by atoms with Crippen molar-refractivity contribution in [3.05, 3.63) is 95.7 Å². The van der Waals surface area contributed by atoms with Crippen LogP contribution in [0.3, 0.4) is 0 Å². The maximum Gasteiger partial charge on any atom is 0.246 e.